The van der Waals surface area contributed by atoms with E-state index in [0.717, 1.165) is 26.2 Å². The number of nitrogens with one attached hydrogen (secondary N) is 1. The van der Waals surface area contributed by atoms with Crippen LogP contribution in [0, 0.1) is 11.8 Å². The number of piperidine rings is 1. The van der Waals surface area contributed by atoms with E-state index < -0.39 is 0 Å². The molecule has 0 radical (unpaired) electrons. The molecule has 0 aromatic heterocycles. The van der Waals surface area contributed by atoms with Crippen LogP contribution in [0.3, 0.4) is 0 Å². The van der Waals surface area contributed by atoms with Gasteiger partial charge in [-0.25, -0.2) is 4.79 Å². The van der Waals surface area contributed by atoms with Crippen molar-refractivity contribution in [1.29, 1.82) is 0 Å². The van der Waals surface area contributed by atoms with Crippen LogP contribution in [0.1, 0.15) is 19.8 Å². The standard InChI is InChI=1S/C12H23N3O/c1-10-7-15(8-10)12(16)13-6-11-4-3-5-14(2)9-11/h10-11H,3-9H2,1-2H3,(H,13,16). The van der Waals surface area contributed by atoms with Gasteiger partial charge in [0.2, 0.25) is 0 Å². The zero-order valence-electron chi connectivity index (χ0n) is 10.4. The number of nitrogens with zero attached hydrogens (tertiary/aromatic N) is 2. The van der Waals surface area contributed by atoms with Crippen LogP contribution in [0.15, 0.2) is 0 Å². The summed E-state index contributed by atoms with van der Waals surface area (Å²) in [6.07, 6.45) is 2.51. The average molecular weight is 225 g/mol. The third-order valence-corrected chi connectivity index (χ3v) is 3.62. The molecule has 92 valence electrons. The highest BCUT2D eigenvalue weighted by molar-refractivity contribution is 5.74. The van der Waals surface area contributed by atoms with E-state index in [4.69, 9.17) is 0 Å². The van der Waals surface area contributed by atoms with Gasteiger partial charge in [0.1, 0.15) is 0 Å². The topological polar surface area (TPSA) is 35.6 Å². The zero-order valence-corrected chi connectivity index (χ0v) is 10.4. The molecule has 2 aliphatic heterocycles. The van der Waals surface area contributed by atoms with Crippen molar-refractivity contribution >= 4 is 6.03 Å². The number of rotatable bonds is 2. The Morgan fingerprint density at radius 3 is 2.75 bits per heavy atom. The van der Waals surface area contributed by atoms with Crippen LogP contribution in [0.5, 0.6) is 0 Å². The number of likely N-dealkylation sites (tertiary alicyclic amines) is 2. The van der Waals surface area contributed by atoms with Gasteiger partial charge in [-0.1, -0.05) is 6.92 Å². The van der Waals surface area contributed by atoms with Crippen molar-refractivity contribution < 1.29 is 4.79 Å². The van der Waals surface area contributed by atoms with Crippen LogP contribution >= 0.6 is 0 Å². The highest BCUT2D eigenvalue weighted by Crippen LogP contribution is 2.16. The molecule has 0 bridgehead atoms. The summed E-state index contributed by atoms with van der Waals surface area (Å²) in [5, 5.41) is 3.06. The lowest BCUT2D eigenvalue weighted by atomic mass is 9.98. The SMILES string of the molecule is CC1CN(C(=O)NCC2CCCN(C)C2)C1. The van der Waals surface area contributed by atoms with Crippen molar-refractivity contribution in [3.63, 3.8) is 0 Å². The zero-order chi connectivity index (χ0) is 11.5. The van der Waals surface area contributed by atoms with E-state index in [1.165, 1.54) is 19.4 Å². The molecule has 1 N–H and O–H groups in total. The normalized spacial score (nSPS) is 27.6. The van der Waals surface area contributed by atoms with Gasteiger partial charge >= 0.3 is 6.03 Å². The molecule has 2 aliphatic rings. The van der Waals surface area contributed by atoms with Crippen molar-refractivity contribution in [1.82, 2.24) is 15.1 Å². The predicted molar refractivity (Wildman–Crippen MR) is 64.4 cm³/mol. The Kier molecular flexibility index (Phi) is 3.69. The Balaban J connectivity index is 1.65. The van der Waals surface area contributed by atoms with Crippen molar-refractivity contribution in [2.45, 2.75) is 19.8 Å². The maximum Gasteiger partial charge on any atom is 0.317 e. The van der Waals surface area contributed by atoms with Gasteiger partial charge in [0.15, 0.2) is 0 Å². The summed E-state index contributed by atoms with van der Waals surface area (Å²) in [6.45, 7) is 7.20. The van der Waals surface area contributed by atoms with Crippen molar-refractivity contribution in [2.75, 3.05) is 39.8 Å². The number of hydrogen-bond acceptors (Lipinski definition) is 2. The molecule has 0 spiro atoms. The molecule has 2 fully saturated rings. The maximum absolute atomic E-state index is 11.7. The molecule has 1 unspecified atom stereocenters. The van der Waals surface area contributed by atoms with Gasteiger partial charge in [-0.3, -0.25) is 0 Å². The Labute approximate surface area is 98.0 Å². The number of carbonyl (C=O) groups is 1. The number of carbonyl (C=O) groups excluding carboxylic acids is 1. The summed E-state index contributed by atoms with van der Waals surface area (Å²) < 4.78 is 0. The molecule has 2 amide bonds. The van der Waals surface area contributed by atoms with E-state index in [9.17, 15) is 4.79 Å². The Morgan fingerprint density at radius 2 is 2.12 bits per heavy atom. The molecular weight excluding hydrogens is 202 g/mol. The van der Waals surface area contributed by atoms with Crippen LogP contribution in [0.25, 0.3) is 0 Å². The fourth-order valence-electron chi connectivity index (χ4n) is 2.65. The fraction of sp³-hybridized carbons (Fsp3) is 0.917. The summed E-state index contributed by atoms with van der Waals surface area (Å²) in [6, 6.07) is 0.131. The van der Waals surface area contributed by atoms with Crippen LogP contribution in [-0.2, 0) is 0 Å². The average Bonchev–Trinajstić information content (AvgIpc) is 2.22. The van der Waals surface area contributed by atoms with Crippen LogP contribution < -0.4 is 5.32 Å². The van der Waals surface area contributed by atoms with Gasteiger partial charge in [-0.05, 0) is 38.3 Å². The minimum atomic E-state index is 0.131. The van der Waals surface area contributed by atoms with Gasteiger partial charge in [-0.15, -0.1) is 0 Å². The molecule has 2 saturated heterocycles. The monoisotopic (exact) mass is 225 g/mol. The van der Waals surface area contributed by atoms with Crippen molar-refractivity contribution in [2.24, 2.45) is 11.8 Å². The minimum Gasteiger partial charge on any atom is -0.338 e. The molecule has 4 nitrogen and oxygen atoms in total. The lowest BCUT2D eigenvalue weighted by molar-refractivity contribution is 0.126. The second-order valence-electron chi connectivity index (χ2n) is 5.47. The highest BCUT2D eigenvalue weighted by atomic mass is 16.2. The summed E-state index contributed by atoms with van der Waals surface area (Å²) in [5.41, 5.74) is 0. The Hall–Kier alpha value is -0.770. The predicted octanol–water partition coefficient (Wildman–Crippen LogP) is 0.989. The van der Waals surface area contributed by atoms with E-state index in [2.05, 4.69) is 24.2 Å². The van der Waals surface area contributed by atoms with E-state index in [-0.39, 0.29) is 6.03 Å². The van der Waals surface area contributed by atoms with Crippen molar-refractivity contribution in [3.05, 3.63) is 0 Å². The molecular formula is C12H23N3O. The first-order valence-electron chi connectivity index (χ1n) is 6.36. The van der Waals surface area contributed by atoms with E-state index in [1.54, 1.807) is 0 Å². The quantitative estimate of drug-likeness (QED) is 0.760. The molecule has 16 heavy (non-hydrogen) atoms. The second kappa shape index (κ2) is 5.04. The summed E-state index contributed by atoms with van der Waals surface area (Å²) >= 11 is 0. The van der Waals surface area contributed by atoms with Gasteiger partial charge in [0.05, 0.1) is 0 Å². The first kappa shape index (κ1) is 11.7. The number of hydrogen-bond donors (Lipinski definition) is 1. The van der Waals surface area contributed by atoms with Gasteiger partial charge in [-0.2, -0.15) is 0 Å². The van der Waals surface area contributed by atoms with Gasteiger partial charge in [0.25, 0.3) is 0 Å². The van der Waals surface area contributed by atoms with Gasteiger partial charge in [0, 0.05) is 26.2 Å². The largest absolute Gasteiger partial charge is 0.338 e. The fourth-order valence-corrected chi connectivity index (χ4v) is 2.65. The second-order valence-corrected chi connectivity index (χ2v) is 5.47. The smallest absolute Gasteiger partial charge is 0.317 e. The van der Waals surface area contributed by atoms with E-state index >= 15 is 0 Å². The number of amides is 2. The molecule has 4 heteroatoms. The number of urea groups is 1. The first-order valence-corrected chi connectivity index (χ1v) is 6.36. The highest BCUT2D eigenvalue weighted by Gasteiger charge is 2.27. The summed E-state index contributed by atoms with van der Waals surface area (Å²) in [5.74, 6) is 1.33. The molecule has 0 aliphatic carbocycles. The third-order valence-electron chi connectivity index (χ3n) is 3.62. The lowest BCUT2D eigenvalue weighted by Gasteiger charge is -2.37. The third kappa shape index (κ3) is 2.88. The van der Waals surface area contributed by atoms with Gasteiger partial charge < -0.3 is 15.1 Å². The molecule has 0 aromatic carbocycles. The first-order chi connectivity index (χ1) is 7.65. The van der Waals surface area contributed by atoms with Crippen LogP contribution in [-0.4, -0.2) is 55.6 Å². The lowest BCUT2D eigenvalue weighted by Crippen LogP contribution is -2.53. The van der Waals surface area contributed by atoms with Crippen LogP contribution in [0.4, 0.5) is 4.79 Å². The molecule has 0 aromatic rings. The minimum absolute atomic E-state index is 0.131. The molecule has 1 atom stereocenters. The summed E-state index contributed by atoms with van der Waals surface area (Å²) in [4.78, 5) is 15.9. The van der Waals surface area contributed by atoms with E-state index in [1.807, 2.05) is 4.90 Å². The molecule has 2 rings (SSSR count). The van der Waals surface area contributed by atoms with E-state index in [0.29, 0.717) is 11.8 Å². The summed E-state index contributed by atoms with van der Waals surface area (Å²) in [7, 11) is 2.16. The Bertz CT molecular complexity index is 251. The van der Waals surface area contributed by atoms with Crippen molar-refractivity contribution in [3.8, 4) is 0 Å². The molecule has 2 heterocycles. The molecule has 0 saturated carbocycles. The Morgan fingerprint density at radius 1 is 1.38 bits per heavy atom. The van der Waals surface area contributed by atoms with Crippen LogP contribution in [0.2, 0.25) is 0 Å². The maximum atomic E-state index is 11.7.